The van der Waals surface area contributed by atoms with Gasteiger partial charge in [0, 0.05) is 0 Å². The molecule has 0 spiro atoms. The molecule has 0 amide bonds. The average molecular weight is 400 g/mol. The fourth-order valence-electron chi connectivity index (χ4n) is 2.49. The molecule has 2 N–H and O–H groups in total. The molecule has 0 saturated carbocycles. The summed E-state index contributed by atoms with van der Waals surface area (Å²) in [5, 5.41) is 18.4. The molecule has 2 aromatic carbocycles. The van der Waals surface area contributed by atoms with Crippen LogP contribution in [0.25, 0.3) is 0 Å². The molecular weight excluding hydrogens is 388 g/mol. The fourth-order valence-corrected chi connectivity index (χ4v) is 2.49. The summed E-state index contributed by atoms with van der Waals surface area (Å²) in [6.45, 7) is 0. The number of phenols is 2. The maximum Gasteiger partial charge on any atom is 0.378 e. The number of halogens is 8. The van der Waals surface area contributed by atoms with Crippen LogP contribution in [0.2, 0.25) is 0 Å². The van der Waals surface area contributed by atoms with Crippen molar-refractivity contribution >= 4 is 0 Å². The smallest absolute Gasteiger partial charge is 0.378 e. The van der Waals surface area contributed by atoms with Crippen LogP contribution in [-0.4, -0.2) is 34.4 Å². The van der Waals surface area contributed by atoms with Crippen molar-refractivity contribution in [1.82, 2.24) is 0 Å². The maximum atomic E-state index is 14.6. The largest absolute Gasteiger partial charge is 0.508 e. The topological polar surface area (TPSA) is 40.5 Å². The minimum atomic E-state index is -6.41. The normalized spacial score (nSPS) is 13.4. The van der Waals surface area contributed by atoms with Gasteiger partial charge in [-0.1, -0.05) is 24.3 Å². The summed E-state index contributed by atoms with van der Waals surface area (Å²) in [7, 11) is 0. The van der Waals surface area contributed by atoms with E-state index in [1.54, 1.807) is 0 Å². The van der Waals surface area contributed by atoms with Crippen molar-refractivity contribution < 1.29 is 45.3 Å². The first-order valence-electron chi connectivity index (χ1n) is 7.31. The third-order valence-electron chi connectivity index (χ3n) is 3.93. The van der Waals surface area contributed by atoms with E-state index in [1.165, 1.54) is 0 Å². The average Bonchev–Trinajstić information content (AvgIpc) is 2.58. The van der Waals surface area contributed by atoms with Crippen LogP contribution in [0.1, 0.15) is 17.0 Å². The molecule has 0 atom stereocenters. The second-order valence-corrected chi connectivity index (χ2v) is 5.74. The number of hydrogen-bond acceptors (Lipinski definition) is 2. The highest BCUT2D eigenvalue weighted by molar-refractivity contribution is 5.40. The standard InChI is InChI=1S/C17H12F8O2/c18-14(19)16(22,23)17(24,25)15(20,21)13(9-1-5-11(26)6-2-9)10-3-7-12(27)8-4-10/h1-8,13-14,26-27H. The predicted molar refractivity (Wildman–Crippen MR) is 78.9 cm³/mol. The van der Waals surface area contributed by atoms with E-state index in [2.05, 4.69) is 0 Å². The molecule has 0 saturated heterocycles. The zero-order valence-electron chi connectivity index (χ0n) is 13.2. The molecule has 2 rings (SSSR count). The van der Waals surface area contributed by atoms with E-state index in [4.69, 9.17) is 0 Å². The Hall–Kier alpha value is -2.52. The molecule has 27 heavy (non-hydrogen) atoms. The zero-order chi connectivity index (χ0) is 20.6. The van der Waals surface area contributed by atoms with Gasteiger partial charge in [0.25, 0.3) is 0 Å². The van der Waals surface area contributed by atoms with Gasteiger partial charge in [-0.2, -0.15) is 26.3 Å². The van der Waals surface area contributed by atoms with E-state index in [0.717, 1.165) is 48.5 Å². The van der Waals surface area contributed by atoms with Gasteiger partial charge >= 0.3 is 24.2 Å². The van der Waals surface area contributed by atoms with Crippen molar-refractivity contribution in [3.05, 3.63) is 59.7 Å². The summed E-state index contributed by atoms with van der Waals surface area (Å²) in [5.41, 5.74) is -1.26. The van der Waals surface area contributed by atoms with Gasteiger partial charge in [0.15, 0.2) is 0 Å². The minimum absolute atomic E-state index is 0.420. The Balaban J connectivity index is 2.68. The molecule has 10 heteroatoms. The summed E-state index contributed by atoms with van der Waals surface area (Å²) >= 11 is 0. The van der Waals surface area contributed by atoms with Gasteiger partial charge in [-0.05, 0) is 35.4 Å². The van der Waals surface area contributed by atoms with E-state index >= 15 is 0 Å². The number of alkyl halides is 8. The van der Waals surface area contributed by atoms with Gasteiger partial charge in [-0.3, -0.25) is 0 Å². The quantitative estimate of drug-likeness (QED) is 0.638. The highest BCUT2D eigenvalue weighted by Gasteiger charge is 2.77. The van der Waals surface area contributed by atoms with Gasteiger partial charge in [-0.25, -0.2) is 8.78 Å². The van der Waals surface area contributed by atoms with Crippen LogP contribution in [0.15, 0.2) is 48.5 Å². The number of aromatic hydroxyl groups is 2. The van der Waals surface area contributed by atoms with Crippen LogP contribution in [-0.2, 0) is 0 Å². The van der Waals surface area contributed by atoms with E-state index in [-0.39, 0.29) is 0 Å². The van der Waals surface area contributed by atoms with Crippen molar-refractivity contribution in [3.63, 3.8) is 0 Å². The van der Waals surface area contributed by atoms with Crippen LogP contribution < -0.4 is 0 Å². The Morgan fingerprint density at radius 1 is 0.593 bits per heavy atom. The lowest BCUT2D eigenvalue weighted by atomic mass is 9.81. The Morgan fingerprint density at radius 2 is 0.926 bits per heavy atom. The van der Waals surface area contributed by atoms with Gasteiger partial charge in [0.05, 0.1) is 5.92 Å². The Morgan fingerprint density at radius 3 is 1.22 bits per heavy atom. The number of benzene rings is 2. The van der Waals surface area contributed by atoms with Gasteiger partial charge in [-0.15, -0.1) is 0 Å². The Bertz CT molecular complexity index is 727. The maximum absolute atomic E-state index is 14.6. The zero-order valence-corrected chi connectivity index (χ0v) is 13.2. The van der Waals surface area contributed by atoms with Crippen molar-refractivity contribution in [3.8, 4) is 11.5 Å². The summed E-state index contributed by atoms with van der Waals surface area (Å²) in [4.78, 5) is 0. The highest BCUT2D eigenvalue weighted by Crippen LogP contribution is 2.55. The van der Waals surface area contributed by atoms with E-state index in [9.17, 15) is 45.3 Å². The first-order valence-corrected chi connectivity index (χ1v) is 7.31. The van der Waals surface area contributed by atoms with Gasteiger partial charge in [0.1, 0.15) is 11.5 Å². The second-order valence-electron chi connectivity index (χ2n) is 5.74. The second kappa shape index (κ2) is 6.90. The molecule has 0 bridgehead atoms. The molecule has 148 valence electrons. The van der Waals surface area contributed by atoms with Gasteiger partial charge in [0.2, 0.25) is 0 Å². The highest BCUT2D eigenvalue weighted by atomic mass is 19.4. The molecule has 0 aliphatic heterocycles. The monoisotopic (exact) mass is 400 g/mol. The van der Waals surface area contributed by atoms with Crippen LogP contribution in [0.4, 0.5) is 35.1 Å². The molecule has 0 aromatic heterocycles. The third-order valence-corrected chi connectivity index (χ3v) is 3.93. The molecule has 0 heterocycles. The van der Waals surface area contributed by atoms with Crippen LogP contribution in [0.5, 0.6) is 11.5 Å². The van der Waals surface area contributed by atoms with Crippen molar-refractivity contribution in [1.29, 1.82) is 0 Å². The molecule has 0 fully saturated rings. The summed E-state index contributed by atoms with van der Waals surface area (Å²) in [5.74, 6) is -22.0. The number of phenolic OH excluding ortho intramolecular Hbond substituents is 2. The van der Waals surface area contributed by atoms with Crippen LogP contribution in [0, 0.1) is 0 Å². The fraction of sp³-hybridized carbons (Fsp3) is 0.294. The summed E-state index contributed by atoms with van der Waals surface area (Å²) < 4.78 is 108. The van der Waals surface area contributed by atoms with E-state index in [1.807, 2.05) is 0 Å². The minimum Gasteiger partial charge on any atom is -0.508 e. The van der Waals surface area contributed by atoms with E-state index in [0.29, 0.717) is 0 Å². The van der Waals surface area contributed by atoms with Crippen LogP contribution in [0.3, 0.4) is 0 Å². The van der Waals surface area contributed by atoms with Crippen molar-refractivity contribution in [2.75, 3.05) is 0 Å². The number of rotatable bonds is 6. The molecule has 0 unspecified atom stereocenters. The SMILES string of the molecule is Oc1ccc(C(c2ccc(O)cc2)C(F)(F)C(F)(F)C(F)(F)C(F)F)cc1. The van der Waals surface area contributed by atoms with Crippen LogP contribution >= 0.6 is 0 Å². The molecular formula is C17H12F8O2. The molecule has 2 nitrogen and oxygen atoms in total. The molecule has 2 aromatic rings. The summed E-state index contributed by atoms with van der Waals surface area (Å²) in [6.07, 6.45) is -5.03. The lowest BCUT2D eigenvalue weighted by molar-refractivity contribution is -0.341. The van der Waals surface area contributed by atoms with Gasteiger partial charge < -0.3 is 10.2 Å². The number of hydrogen-bond donors (Lipinski definition) is 2. The predicted octanol–water partition coefficient (Wildman–Crippen LogP) is 5.40. The lowest BCUT2D eigenvalue weighted by Crippen LogP contribution is -2.59. The Kier molecular flexibility index (Phi) is 5.31. The van der Waals surface area contributed by atoms with Crippen molar-refractivity contribution in [2.24, 2.45) is 0 Å². The third kappa shape index (κ3) is 3.52. The van der Waals surface area contributed by atoms with Crippen molar-refractivity contribution in [2.45, 2.75) is 30.1 Å². The first-order chi connectivity index (χ1) is 12.3. The molecule has 0 aliphatic rings. The summed E-state index contributed by atoms with van der Waals surface area (Å²) in [6, 6.07) is 6.50. The first kappa shape index (κ1) is 20.8. The molecule has 0 aliphatic carbocycles. The Labute approximate surface area is 147 Å². The van der Waals surface area contributed by atoms with E-state index < -0.39 is 52.7 Å². The molecule has 0 radical (unpaired) electrons. The lowest BCUT2D eigenvalue weighted by Gasteiger charge is -2.37.